The highest BCUT2D eigenvalue weighted by molar-refractivity contribution is 5.99. The Morgan fingerprint density at radius 1 is 1.35 bits per heavy atom. The monoisotopic (exact) mass is 281 g/mol. The van der Waals surface area contributed by atoms with Gasteiger partial charge in [-0.2, -0.15) is 0 Å². The molecule has 6 nitrogen and oxygen atoms in total. The summed E-state index contributed by atoms with van der Waals surface area (Å²) in [6.07, 6.45) is 2.92. The maximum absolute atomic E-state index is 8.70. The third kappa shape index (κ3) is 5.07. The molecule has 0 radical (unpaired) electrons. The summed E-state index contributed by atoms with van der Waals surface area (Å²) >= 11 is 0. The van der Waals surface area contributed by atoms with E-state index in [9.17, 15) is 0 Å². The first-order valence-electron chi connectivity index (χ1n) is 6.69. The van der Waals surface area contributed by atoms with Crippen molar-refractivity contribution in [1.82, 2.24) is 5.32 Å². The average molecular weight is 281 g/mol. The van der Waals surface area contributed by atoms with Crippen LogP contribution in [0.1, 0.15) is 30.4 Å². The largest absolute Gasteiger partial charge is 0.496 e. The Kier molecular flexibility index (Phi) is 7.46. The van der Waals surface area contributed by atoms with E-state index in [1.54, 1.807) is 13.2 Å². The molecule has 0 atom stereocenters. The molecule has 0 saturated carbocycles. The second kappa shape index (κ2) is 9.17. The molecular formula is C14H23N3O3. The highest BCUT2D eigenvalue weighted by atomic mass is 16.5. The van der Waals surface area contributed by atoms with Gasteiger partial charge in [0.15, 0.2) is 5.84 Å². The van der Waals surface area contributed by atoms with E-state index in [4.69, 9.17) is 20.8 Å². The van der Waals surface area contributed by atoms with E-state index in [1.807, 2.05) is 12.1 Å². The average Bonchev–Trinajstić information content (AvgIpc) is 2.49. The molecule has 1 aromatic rings. The Morgan fingerprint density at radius 2 is 2.15 bits per heavy atom. The van der Waals surface area contributed by atoms with Crippen LogP contribution in [0, 0.1) is 0 Å². The third-order valence-corrected chi connectivity index (χ3v) is 2.99. The fourth-order valence-electron chi connectivity index (χ4n) is 1.88. The molecular weight excluding hydrogens is 258 g/mol. The van der Waals surface area contributed by atoms with Crippen LogP contribution in [0.2, 0.25) is 0 Å². The topological polar surface area (TPSA) is 100 Å². The van der Waals surface area contributed by atoms with Gasteiger partial charge in [-0.05, 0) is 43.5 Å². The summed E-state index contributed by atoms with van der Waals surface area (Å²) in [5, 5.41) is 23.7. The quantitative estimate of drug-likeness (QED) is 0.178. The molecule has 6 heteroatoms. The van der Waals surface area contributed by atoms with Gasteiger partial charge in [0.1, 0.15) is 5.75 Å². The lowest BCUT2D eigenvalue weighted by atomic mass is 10.1. The molecule has 0 unspecified atom stereocenters. The van der Waals surface area contributed by atoms with Gasteiger partial charge in [-0.3, -0.25) is 0 Å². The number of hydrogen-bond donors (Lipinski definition) is 4. The van der Waals surface area contributed by atoms with Crippen molar-refractivity contribution >= 4 is 5.84 Å². The number of nitrogens with one attached hydrogen (secondary N) is 1. The number of nitrogens with two attached hydrogens (primary N) is 1. The van der Waals surface area contributed by atoms with Crippen molar-refractivity contribution in [3.8, 4) is 5.75 Å². The minimum Gasteiger partial charge on any atom is -0.496 e. The van der Waals surface area contributed by atoms with Crippen LogP contribution in [-0.2, 0) is 6.54 Å². The van der Waals surface area contributed by atoms with Crippen molar-refractivity contribution in [2.45, 2.75) is 25.8 Å². The van der Waals surface area contributed by atoms with Crippen LogP contribution >= 0.6 is 0 Å². The van der Waals surface area contributed by atoms with Crippen molar-refractivity contribution in [1.29, 1.82) is 0 Å². The molecule has 0 aliphatic rings. The van der Waals surface area contributed by atoms with Gasteiger partial charge < -0.3 is 26.1 Å². The number of aliphatic hydroxyl groups excluding tert-OH is 1. The summed E-state index contributed by atoms with van der Waals surface area (Å²) in [5.74, 6) is 0.616. The molecule has 0 aliphatic carbocycles. The van der Waals surface area contributed by atoms with Crippen LogP contribution in [0.5, 0.6) is 5.75 Å². The van der Waals surface area contributed by atoms with Crippen molar-refractivity contribution in [2.75, 3.05) is 20.3 Å². The molecule has 0 spiro atoms. The van der Waals surface area contributed by atoms with Crippen LogP contribution in [0.25, 0.3) is 0 Å². The highest BCUT2D eigenvalue weighted by Gasteiger charge is 2.08. The second-order valence-corrected chi connectivity index (χ2v) is 4.48. The lowest BCUT2D eigenvalue weighted by Gasteiger charge is -2.10. The SMILES string of the molecule is COc1cc(CNCCCCCO)ccc1/C(N)=N/O. The van der Waals surface area contributed by atoms with Crippen LogP contribution < -0.4 is 15.8 Å². The van der Waals surface area contributed by atoms with Gasteiger partial charge in [0.05, 0.1) is 12.7 Å². The maximum atomic E-state index is 8.70. The summed E-state index contributed by atoms with van der Waals surface area (Å²) in [6.45, 7) is 1.89. The van der Waals surface area contributed by atoms with Gasteiger partial charge in [-0.1, -0.05) is 11.2 Å². The molecule has 1 rings (SSSR count). The van der Waals surface area contributed by atoms with E-state index in [2.05, 4.69) is 10.5 Å². The second-order valence-electron chi connectivity index (χ2n) is 4.48. The molecule has 0 bridgehead atoms. The van der Waals surface area contributed by atoms with Crippen molar-refractivity contribution in [3.05, 3.63) is 29.3 Å². The van der Waals surface area contributed by atoms with E-state index < -0.39 is 0 Å². The molecule has 0 aliphatic heterocycles. The Bertz CT molecular complexity index is 436. The van der Waals surface area contributed by atoms with E-state index in [0.717, 1.165) is 37.9 Å². The number of nitrogens with zero attached hydrogens (tertiary/aromatic N) is 1. The fourth-order valence-corrected chi connectivity index (χ4v) is 1.88. The van der Waals surface area contributed by atoms with E-state index in [0.29, 0.717) is 11.3 Å². The van der Waals surface area contributed by atoms with Crippen LogP contribution in [0.3, 0.4) is 0 Å². The molecule has 0 saturated heterocycles. The fraction of sp³-hybridized carbons (Fsp3) is 0.500. The summed E-state index contributed by atoms with van der Waals surface area (Å²) in [5.41, 5.74) is 7.21. The van der Waals surface area contributed by atoms with Gasteiger partial charge >= 0.3 is 0 Å². The van der Waals surface area contributed by atoms with Crippen molar-refractivity contribution in [3.63, 3.8) is 0 Å². The molecule has 0 fully saturated rings. The first kappa shape index (κ1) is 16.3. The highest BCUT2D eigenvalue weighted by Crippen LogP contribution is 2.20. The number of amidine groups is 1. The minimum absolute atomic E-state index is 0.0327. The summed E-state index contributed by atoms with van der Waals surface area (Å²) in [4.78, 5) is 0. The Balaban J connectivity index is 2.51. The van der Waals surface area contributed by atoms with Gasteiger partial charge in [0.2, 0.25) is 0 Å². The number of methoxy groups -OCH3 is 1. The molecule has 0 amide bonds. The number of ether oxygens (including phenoxy) is 1. The minimum atomic E-state index is 0.0327. The van der Waals surface area contributed by atoms with Crippen LogP contribution in [0.15, 0.2) is 23.4 Å². The molecule has 1 aromatic carbocycles. The number of aliphatic hydroxyl groups is 1. The number of oxime groups is 1. The van der Waals surface area contributed by atoms with E-state index >= 15 is 0 Å². The third-order valence-electron chi connectivity index (χ3n) is 2.99. The molecule has 20 heavy (non-hydrogen) atoms. The number of unbranched alkanes of at least 4 members (excludes halogenated alkanes) is 2. The Labute approximate surface area is 119 Å². The Morgan fingerprint density at radius 3 is 2.80 bits per heavy atom. The molecule has 0 aromatic heterocycles. The lowest BCUT2D eigenvalue weighted by Crippen LogP contribution is -2.17. The van der Waals surface area contributed by atoms with Crippen LogP contribution in [-0.4, -0.2) is 36.4 Å². The predicted octanol–water partition coefficient (Wildman–Crippen LogP) is 1.04. The lowest BCUT2D eigenvalue weighted by molar-refractivity contribution is 0.283. The number of benzene rings is 1. The number of hydrogen-bond acceptors (Lipinski definition) is 5. The Hall–Kier alpha value is -1.79. The van der Waals surface area contributed by atoms with E-state index in [1.165, 1.54) is 0 Å². The smallest absolute Gasteiger partial charge is 0.173 e. The first-order chi connectivity index (χ1) is 9.72. The first-order valence-corrected chi connectivity index (χ1v) is 6.69. The normalized spacial score (nSPS) is 11.6. The zero-order chi connectivity index (χ0) is 14.8. The van der Waals surface area contributed by atoms with Gasteiger partial charge in [-0.25, -0.2) is 0 Å². The summed E-state index contributed by atoms with van der Waals surface area (Å²) in [6, 6.07) is 5.56. The van der Waals surface area contributed by atoms with Gasteiger partial charge in [0, 0.05) is 13.2 Å². The van der Waals surface area contributed by atoms with Gasteiger partial charge in [-0.15, -0.1) is 0 Å². The van der Waals surface area contributed by atoms with Crippen molar-refractivity contribution in [2.24, 2.45) is 10.9 Å². The van der Waals surface area contributed by atoms with E-state index in [-0.39, 0.29) is 12.4 Å². The predicted molar refractivity (Wildman–Crippen MR) is 78.1 cm³/mol. The molecule has 5 N–H and O–H groups in total. The van der Waals surface area contributed by atoms with Crippen LogP contribution in [0.4, 0.5) is 0 Å². The maximum Gasteiger partial charge on any atom is 0.173 e. The zero-order valence-corrected chi connectivity index (χ0v) is 11.8. The molecule has 0 heterocycles. The molecule has 112 valence electrons. The standard InChI is InChI=1S/C14H23N3O3/c1-20-13-9-11(5-6-12(13)14(15)17-19)10-16-7-3-2-4-8-18/h5-6,9,16,18-19H,2-4,7-8,10H2,1H3,(H2,15,17). The van der Waals surface area contributed by atoms with Gasteiger partial charge in [0.25, 0.3) is 0 Å². The summed E-state index contributed by atoms with van der Waals surface area (Å²) in [7, 11) is 1.55. The summed E-state index contributed by atoms with van der Waals surface area (Å²) < 4.78 is 5.24. The number of rotatable bonds is 9. The zero-order valence-electron chi connectivity index (χ0n) is 11.8. The van der Waals surface area contributed by atoms with Crippen molar-refractivity contribution < 1.29 is 15.1 Å².